The van der Waals surface area contributed by atoms with E-state index in [0.717, 1.165) is 53.8 Å². The molecular formula is C20H23N5O3. The predicted molar refractivity (Wildman–Crippen MR) is 104 cm³/mol. The van der Waals surface area contributed by atoms with Crippen molar-refractivity contribution >= 4 is 11.4 Å². The number of hydrogen-bond acceptors (Lipinski definition) is 7. The first-order valence-corrected chi connectivity index (χ1v) is 9.77. The number of nitro groups is 1. The summed E-state index contributed by atoms with van der Waals surface area (Å²) in [6.45, 7) is 2.08. The van der Waals surface area contributed by atoms with Crippen LogP contribution in [0.4, 0.5) is 11.4 Å². The van der Waals surface area contributed by atoms with E-state index in [-0.39, 0.29) is 34.7 Å². The van der Waals surface area contributed by atoms with E-state index in [1.807, 2.05) is 6.07 Å². The smallest absolute Gasteiger partial charge is 0.269 e. The summed E-state index contributed by atoms with van der Waals surface area (Å²) < 4.78 is 6.20. The number of anilines is 1. The van der Waals surface area contributed by atoms with Crippen molar-refractivity contribution in [2.75, 3.05) is 5.73 Å². The summed E-state index contributed by atoms with van der Waals surface area (Å²) in [6, 6.07) is 6.96. The zero-order valence-electron chi connectivity index (χ0n) is 15.6. The van der Waals surface area contributed by atoms with Crippen molar-refractivity contribution < 1.29 is 9.66 Å². The summed E-state index contributed by atoms with van der Waals surface area (Å²) in [5, 5.41) is 11.4. The third kappa shape index (κ3) is 2.56. The van der Waals surface area contributed by atoms with Crippen LogP contribution >= 0.6 is 0 Å². The summed E-state index contributed by atoms with van der Waals surface area (Å²) in [4.78, 5) is 15.8. The molecule has 8 heteroatoms. The van der Waals surface area contributed by atoms with Crippen molar-refractivity contribution in [1.29, 1.82) is 0 Å². The standard InChI is InChI=1S/C20H23N5O3/c1-10-15-16(11-5-4-6-12(9-11)25(26)27)17-18(21)13-7-2-3-8-14(13)22-19(17)28-20(15)24-23-10/h4-6,9-10,15-16,20,23-24H,2-3,7-8H2,1H3,(H2,21,22). The Hall–Kier alpha value is -2.71. The Kier molecular flexibility index (Phi) is 3.99. The third-order valence-corrected chi connectivity index (χ3v) is 6.28. The number of aryl methyl sites for hydroxylation is 1. The van der Waals surface area contributed by atoms with E-state index in [2.05, 4.69) is 17.8 Å². The highest BCUT2D eigenvalue weighted by molar-refractivity contribution is 5.64. The minimum absolute atomic E-state index is 0.0419. The van der Waals surface area contributed by atoms with Gasteiger partial charge in [0.05, 0.1) is 4.92 Å². The first-order valence-electron chi connectivity index (χ1n) is 9.77. The SMILES string of the molecule is CC1NNC2Oc3nc4c(c(N)c3C(c3cccc([N+](=O)[O-])c3)C12)CCCC4. The monoisotopic (exact) mass is 381 g/mol. The molecule has 2 aromatic rings. The molecule has 0 radical (unpaired) electrons. The van der Waals surface area contributed by atoms with Crippen LogP contribution in [0.3, 0.4) is 0 Å². The first-order chi connectivity index (χ1) is 13.5. The van der Waals surface area contributed by atoms with Crippen LogP contribution in [0.5, 0.6) is 5.88 Å². The zero-order valence-corrected chi connectivity index (χ0v) is 15.6. The average molecular weight is 381 g/mol. The number of non-ortho nitro benzene ring substituents is 1. The lowest BCUT2D eigenvalue weighted by Crippen LogP contribution is -2.42. The molecule has 8 nitrogen and oxygen atoms in total. The van der Waals surface area contributed by atoms with Crippen LogP contribution in [-0.4, -0.2) is 22.2 Å². The maximum atomic E-state index is 11.4. The fourth-order valence-corrected chi connectivity index (χ4v) is 4.93. The number of nitro benzene ring substituents is 1. The van der Waals surface area contributed by atoms with Crippen molar-refractivity contribution in [3.05, 3.63) is 56.8 Å². The second-order valence-electron chi connectivity index (χ2n) is 7.90. The molecule has 1 saturated heterocycles. The van der Waals surface area contributed by atoms with Gasteiger partial charge in [0.1, 0.15) is 0 Å². The van der Waals surface area contributed by atoms with E-state index < -0.39 is 0 Å². The first kappa shape index (κ1) is 17.4. The van der Waals surface area contributed by atoms with Gasteiger partial charge in [-0.15, -0.1) is 0 Å². The van der Waals surface area contributed by atoms with Crippen molar-refractivity contribution in [2.24, 2.45) is 5.92 Å². The number of nitrogens with zero attached hydrogens (tertiary/aromatic N) is 2. The number of aromatic nitrogens is 1. The summed E-state index contributed by atoms with van der Waals surface area (Å²) in [6.07, 6.45) is 3.78. The molecule has 3 aliphatic rings. The number of hydrogen-bond donors (Lipinski definition) is 3. The van der Waals surface area contributed by atoms with Gasteiger partial charge in [-0.1, -0.05) is 12.1 Å². The molecule has 0 bridgehead atoms. The molecular weight excluding hydrogens is 358 g/mol. The fraction of sp³-hybridized carbons (Fsp3) is 0.450. The molecule has 4 atom stereocenters. The van der Waals surface area contributed by atoms with Gasteiger partial charge in [0.15, 0.2) is 6.23 Å². The van der Waals surface area contributed by atoms with Crippen molar-refractivity contribution in [1.82, 2.24) is 15.8 Å². The minimum atomic E-state index is -0.357. The zero-order chi connectivity index (χ0) is 19.4. The highest BCUT2D eigenvalue weighted by Crippen LogP contribution is 2.50. The molecule has 28 heavy (non-hydrogen) atoms. The molecule has 1 fully saturated rings. The van der Waals surface area contributed by atoms with Gasteiger partial charge in [-0.2, -0.15) is 0 Å². The van der Waals surface area contributed by atoms with E-state index in [4.69, 9.17) is 15.5 Å². The highest BCUT2D eigenvalue weighted by Gasteiger charge is 2.48. The molecule has 0 amide bonds. The van der Waals surface area contributed by atoms with Crippen LogP contribution in [-0.2, 0) is 12.8 Å². The second kappa shape index (κ2) is 6.42. The van der Waals surface area contributed by atoms with Crippen LogP contribution in [0.2, 0.25) is 0 Å². The second-order valence-corrected chi connectivity index (χ2v) is 7.90. The van der Waals surface area contributed by atoms with Gasteiger partial charge in [-0.25, -0.2) is 10.4 Å². The number of nitrogen functional groups attached to an aromatic ring is 1. The number of nitrogens with two attached hydrogens (primary N) is 1. The summed E-state index contributed by atoms with van der Waals surface area (Å²) in [7, 11) is 0. The van der Waals surface area contributed by atoms with Crippen LogP contribution in [0.1, 0.15) is 48.1 Å². The number of nitrogens with one attached hydrogen (secondary N) is 2. The van der Waals surface area contributed by atoms with Gasteiger partial charge < -0.3 is 10.5 Å². The molecule has 4 unspecified atom stereocenters. The molecule has 1 aromatic heterocycles. The maximum Gasteiger partial charge on any atom is 0.269 e. The van der Waals surface area contributed by atoms with E-state index in [1.54, 1.807) is 12.1 Å². The Morgan fingerprint density at radius 1 is 1.29 bits per heavy atom. The predicted octanol–water partition coefficient (Wildman–Crippen LogP) is 2.41. The summed E-state index contributed by atoms with van der Waals surface area (Å²) in [5.41, 5.74) is 17.8. The molecule has 1 aromatic carbocycles. The lowest BCUT2D eigenvalue weighted by molar-refractivity contribution is -0.384. The van der Waals surface area contributed by atoms with E-state index in [0.29, 0.717) is 5.88 Å². The van der Waals surface area contributed by atoms with Gasteiger partial charge in [-0.05, 0) is 43.7 Å². The van der Waals surface area contributed by atoms with Crippen molar-refractivity contribution in [3.8, 4) is 5.88 Å². The summed E-state index contributed by atoms with van der Waals surface area (Å²) in [5.74, 6) is 0.463. The quantitative estimate of drug-likeness (QED) is 0.540. The maximum absolute atomic E-state index is 11.4. The Morgan fingerprint density at radius 3 is 2.93 bits per heavy atom. The number of pyridine rings is 1. The average Bonchev–Trinajstić information content (AvgIpc) is 3.07. The fourth-order valence-electron chi connectivity index (χ4n) is 4.93. The normalized spacial score (nSPS) is 28.0. The Morgan fingerprint density at radius 2 is 2.11 bits per heavy atom. The molecule has 5 rings (SSSR count). The van der Waals surface area contributed by atoms with Gasteiger partial charge in [-0.3, -0.25) is 15.5 Å². The number of benzene rings is 1. The van der Waals surface area contributed by atoms with Gasteiger partial charge in [0, 0.05) is 47.0 Å². The lowest BCUT2D eigenvalue weighted by Gasteiger charge is -2.38. The Balaban J connectivity index is 1.72. The van der Waals surface area contributed by atoms with Crippen LogP contribution in [0, 0.1) is 16.0 Å². The molecule has 4 N–H and O–H groups in total. The third-order valence-electron chi connectivity index (χ3n) is 6.28. The molecule has 0 saturated carbocycles. The van der Waals surface area contributed by atoms with Crippen molar-refractivity contribution in [2.45, 2.75) is 50.8 Å². The van der Waals surface area contributed by atoms with Crippen LogP contribution in [0.15, 0.2) is 24.3 Å². The van der Waals surface area contributed by atoms with Gasteiger partial charge in [0.25, 0.3) is 5.69 Å². The van der Waals surface area contributed by atoms with E-state index in [9.17, 15) is 10.1 Å². The summed E-state index contributed by atoms with van der Waals surface area (Å²) >= 11 is 0. The molecule has 1 aliphatic carbocycles. The largest absolute Gasteiger partial charge is 0.457 e. The van der Waals surface area contributed by atoms with Crippen LogP contribution < -0.4 is 21.3 Å². The van der Waals surface area contributed by atoms with E-state index in [1.165, 1.54) is 6.07 Å². The van der Waals surface area contributed by atoms with E-state index >= 15 is 0 Å². The highest BCUT2D eigenvalue weighted by atomic mass is 16.6. The number of hydrazine groups is 1. The topological polar surface area (TPSA) is 115 Å². The molecule has 146 valence electrons. The van der Waals surface area contributed by atoms with Gasteiger partial charge in [0.2, 0.25) is 5.88 Å². The van der Waals surface area contributed by atoms with Crippen molar-refractivity contribution in [3.63, 3.8) is 0 Å². The molecule has 0 spiro atoms. The molecule has 3 heterocycles. The molecule has 2 aliphatic heterocycles. The number of ether oxygens (including phenoxy) is 1. The number of rotatable bonds is 2. The minimum Gasteiger partial charge on any atom is -0.457 e. The Bertz CT molecular complexity index is 963. The van der Waals surface area contributed by atoms with Crippen LogP contribution in [0.25, 0.3) is 0 Å². The lowest BCUT2D eigenvalue weighted by atomic mass is 9.74. The van der Waals surface area contributed by atoms with Gasteiger partial charge >= 0.3 is 0 Å². The number of fused-ring (bicyclic) bond motifs is 3. The Labute approximate surface area is 162 Å².